The number of amides is 1. The van der Waals surface area contributed by atoms with Crippen molar-refractivity contribution in [3.8, 4) is 11.4 Å². The minimum Gasteiger partial charge on any atom is -0.497 e. The number of benzene rings is 2. The Morgan fingerprint density at radius 3 is 2.79 bits per heavy atom. The Morgan fingerprint density at radius 1 is 1.18 bits per heavy atom. The molecule has 0 spiro atoms. The lowest BCUT2D eigenvalue weighted by molar-refractivity contribution is -0.129. The van der Waals surface area contributed by atoms with Crippen molar-refractivity contribution in [2.24, 2.45) is 0 Å². The molecule has 3 heterocycles. The van der Waals surface area contributed by atoms with E-state index < -0.39 is 0 Å². The second-order valence-electron chi connectivity index (χ2n) is 8.05. The van der Waals surface area contributed by atoms with E-state index in [0.717, 1.165) is 53.7 Å². The number of piperidine rings is 1. The third-order valence-corrected chi connectivity index (χ3v) is 8.00. The Hall–Kier alpha value is -2.91. The maximum atomic E-state index is 13.1. The smallest absolute Gasteiger partial charge is 0.233 e. The molecule has 0 N–H and O–H groups in total. The number of fused-ring (bicyclic) bond motifs is 1. The first-order chi connectivity index (χ1) is 16.1. The zero-order valence-corrected chi connectivity index (χ0v) is 20.2. The topological polar surface area (TPSA) is 73.1 Å². The normalized spacial score (nSPS) is 16.3. The lowest BCUT2D eigenvalue weighted by Gasteiger charge is -2.31. The van der Waals surface area contributed by atoms with Crippen LogP contribution >= 0.6 is 23.1 Å². The highest BCUT2D eigenvalue weighted by molar-refractivity contribution is 7.99. The number of ether oxygens (including phenoxy) is 1. The van der Waals surface area contributed by atoms with Crippen LogP contribution in [0.3, 0.4) is 0 Å². The molecule has 33 heavy (non-hydrogen) atoms. The molecular weight excluding hydrogens is 454 g/mol. The number of para-hydroxylation sites is 1. The number of carbonyl (C=O) groups is 1. The Kier molecular flexibility index (Phi) is 6.32. The Labute approximate surface area is 200 Å². The predicted molar refractivity (Wildman–Crippen MR) is 132 cm³/mol. The van der Waals surface area contributed by atoms with Crippen molar-refractivity contribution in [3.05, 3.63) is 59.4 Å². The standard InChI is InChI=1S/C24H25N5O2S2/c1-16-26-27-24(29(16)18-9-11-19(31-2)12-10-18)32-15-22(30)28-13-5-6-17(14-28)23-25-20-7-3-4-8-21(20)33-23/h3-4,7-12,17H,5-6,13-15H2,1-2H3/t17-/m1/s1. The summed E-state index contributed by atoms with van der Waals surface area (Å²) in [6, 6.07) is 16.0. The van der Waals surface area contributed by atoms with Crippen LogP contribution in [-0.4, -0.2) is 56.5 Å². The predicted octanol–water partition coefficient (Wildman–Crippen LogP) is 4.69. The van der Waals surface area contributed by atoms with Crippen molar-refractivity contribution < 1.29 is 9.53 Å². The fourth-order valence-corrected chi connectivity index (χ4v) is 6.15. The Bertz CT molecular complexity index is 1230. The van der Waals surface area contributed by atoms with Gasteiger partial charge in [0, 0.05) is 24.7 Å². The van der Waals surface area contributed by atoms with Gasteiger partial charge in [0.2, 0.25) is 5.91 Å². The molecule has 2 aromatic carbocycles. The SMILES string of the molecule is COc1ccc(-n2c(C)nnc2SCC(=O)N2CCC[C@@H](c3nc4ccccc4s3)C2)cc1. The van der Waals surface area contributed by atoms with Gasteiger partial charge in [0.1, 0.15) is 11.6 Å². The van der Waals surface area contributed by atoms with Gasteiger partial charge in [-0.2, -0.15) is 0 Å². The van der Waals surface area contributed by atoms with E-state index in [0.29, 0.717) is 16.8 Å². The molecule has 0 saturated carbocycles. The van der Waals surface area contributed by atoms with Crippen LogP contribution in [0.25, 0.3) is 15.9 Å². The maximum Gasteiger partial charge on any atom is 0.233 e. The molecule has 0 radical (unpaired) electrons. The van der Waals surface area contributed by atoms with Gasteiger partial charge in [-0.05, 0) is 56.2 Å². The van der Waals surface area contributed by atoms with Crippen LogP contribution in [0.5, 0.6) is 5.75 Å². The highest BCUT2D eigenvalue weighted by Crippen LogP contribution is 2.33. The molecule has 0 aliphatic carbocycles. The summed E-state index contributed by atoms with van der Waals surface area (Å²) < 4.78 is 8.43. The molecule has 1 amide bonds. The molecule has 170 valence electrons. The van der Waals surface area contributed by atoms with E-state index in [1.165, 1.54) is 16.5 Å². The average molecular weight is 480 g/mol. The molecule has 1 aliphatic heterocycles. The second-order valence-corrected chi connectivity index (χ2v) is 10.1. The van der Waals surface area contributed by atoms with Crippen LogP contribution in [0.2, 0.25) is 0 Å². The van der Waals surface area contributed by atoms with E-state index in [4.69, 9.17) is 9.72 Å². The minimum atomic E-state index is 0.132. The summed E-state index contributed by atoms with van der Waals surface area (Å²) >= 11 is 3.18. The molecule has 1 saturated heterocycles. The fourth-order valence-electron chi connectivity index (χ4n) is 4.15. The van der Waals surface area contributed by atoms with Crippen molar-refractivity contribution in [2.45, 2.75) is 30.8 Å². The molecule has 1 aliphatic rings. The molecule has 1 atom stereocenters. The molecule has 1 fully saturated rings. The van der Waals surface area contributed by atoms with E-state index in [-0.39, 0.29) is 5.91 Å². The van der Waals surface area contributed by atoms with Crippen molar-refractivity contribution in [1.82, 2.24) is 24.6 Å². The van der Waals surface area contributed by atoms with E-state index >= 15 is 0 Å². The van der Waals surface area contributed by atoms with Gasteiger partial charge in [-0.15, -0.1) is 21.5 Å². The molecule has 0 unspecified atom stereocenters. The zero-order chi connectivity index (χ0) is 22.8. The van der Waals surface area contributed by atoms with Gasteiger partial charge in [-0.1, -0.05) is 23.9 Å². The minimum absolute atomic E-state index is 0.132. The number of carbonyl (C=O) groups excluding carboxylic acids is 1. The molecule has 9 heteroatoms. The lowest BCUT2D eigenvalue weighted by Crippen LogP contribution is -2.40. The van der Waals surface area contributed by atoms with Crippen molar-refractivity contribution in [1.29, 1.82) is 0 Å². The highest BCUT2D eigenvalue weighted by Gasteiger charge is 2.27. The summed E-state index contributed by atoms with van der Waals surface area (Å²) in [4.78, 5) is 19.9. The van der Waals surface area contributed by atoms with Crippen LogP contribution in [0.1, 0.15) is 29.6 Å². The average Bonchev–Trinajstić information content (AvgIpc) is 3.46. The van der Waals surface area contributed by atoms with Gasteiger partial charge in [-0.3, -0.25) is 9.36 Å². The van der Waals surface area contributed by atoms with Crippen molar-refractivity contribution in [3.63, 3.8) is 0 Å². The monoisotopic (exact) mass is 479 g/mol. The van der Waals surface area contributed by atoms with Crippen LogP contribution in [-0.2, 0) is 4.79 Å². The highest BCUT2D eigenvalue weighted by atomic mass is 32.2. The van der Waals surface area contributed by atoms with Crippen LogP contribution in [0, 0.1) is 6.92 Å². The third kappa shape index (κ3) is 4.60. The van der Waals surface area contributed by atoms with E-state index in [2.05, 4.69) is 22.3 Å². The number of hydrogen-bond acceptors (Lipinski definition) is 7. The summed E-state index contributed by atoms with van der Waals surface area (Å²) in [7, 11) is 1.65. The number of likely N-dealkylation sites (tertiary alicyclic amines) is 1. The number of methoxy groups -OCH3 is 1. The summed E-state index contributed by atoms with van der Waals surface area (Å²) in [5, 5.41) is 10.4. The Balaban J connectivity index is 1.25. The second kappa shape index (κ2) is 9.52. The van der Waals surface area contributed by atoms with Crippen LogP contribution in [0.15, 0.2) is 53.7 Å². The number of nitrogens with zero attached hydrogens (tertiary/aromatic N) is 5. The first kappa shape index (κ1) is 21.9. The number of thioether (sulfide) groups is 1. The van der Waals surface area contributed by atoms with Gasteiger partial charge >= 0.3 is 0 Å². The van der Waals surface area contributed by atoms with Gasteiger partial charge in [-0.25, -0.2) is 4.98 Å². The largest absolute Gasteiger partial charge is 0.497 e. The first-order valence-corrected chi connectivity index (χ1v) is 12.7. The number of aryl methyl sites for hydroxylation is 1. The summed E-state index contributed by atoms with van der Waals surface area (Å²) in [5.41, 5.74) is 1.99. The van der Waals surface area contributed by atoms with Crippen molar-refractivity contribution in [2.75, 3.05) is 26.0 Å². The maximum absolute atomic E-state index is 13.1. The van der Waals surface area contributed by atoms with Gasteiger partial charge < -0.3 is 9.64 Å². The molecule has 7 nitrogen and oxygen atoms in total. The lowest BCUT2D eigenvalue weighted by atomic mass is 9.99. The number of thiazole rings is 1. The Morgan fingerprint density at radius 2 is 2.00 bits per heavy atom. The number of rotatable bonds is 6. The molecule has 2 aromatic heterocycles. The van der Waals surface area contributed by atoms with E-state index in [1.54, 1.807) is 18.4 Å². The summed E-state index contributed by atoms with van der Waals surface area (Å²) in [5.74, 6) is 2.34. The number of hydrogen-bond donors (Lipinski definition) is 0. The van der Waals surface area contributed by atoms with Gasteiger partial charge in [0.25, 0.3) is 0 Å². The van der Waals surface area contributed by atoms with Crippen molar-refractivity contribution >= 4 is 39.2 Å². The summed E-state index contributed by atoms with van der Waals surface area (Å²) in [6.45, 7) is 3.44. The zero-order valence-electron chi connectivity index (χ0n) is 18.6. The molecule has 0 bridgehead atoms. The van der Waals surface area contributed by atoms with Gasteiger partial charge in [0.15, 0.2) is 5.16 Å². The van der Waals surface area contributed by atoms with Crippen LogP contribution in [0.4, 0.5) is 0 Å². The van der Waals surface area contributed by atoms with Crippen LogP contribution < -0.4 is 4.74 Å². The number of aromatic nitrogens is 4. The van der Waals surface area contributed by atoms with E-state index in [1.807, 2.05) is 52.8 Å². The fraction of sp³-hybridized carbons (Fsp3) is 0.333. The molecular formula is C24H25N5O2S2. The summed E-state index contributed by atoms with van der Waals surface area (Å²) in [6.07, 6.45) is 2.07. The first-order valence-electron chi connectivity index (χ1n) is 10.9. The van der Waals surface area contributed by atoms with Gasteiger partial charge in [0.05, 0.1) is 28.1 Å². The quantitative estimate of drug-likeness (QED) is 0.374. The molecule has 4 aromatic rings. The van der Waals surface area contributed by atoms with E-state index in [9.17, 15) is 4.79 Å². The molecule has 5 rings (SSSR count). The third-order valence-electron chi connectivity index (χ3n) is 5.88.